The van der Waals surface area contributed by atoms with Crippen molar-refractivity contribution in [2.75, 3.05) is 18.4 Å². The number of rotatable bonds is 5. The Morgan fingerprint density at radius 2 is 1.97 bits per heavy atom. The number of piperidine rings is 1. The monoisotopic (exact) mass is 431 g/mol. The van der Waals surface area contributed by atoms with Crippen LogP contribution >= 0.6 is 0 Å². The molecule has 2 fully saturated rings. The van der Waals surface area contributed by atoms with Gasteiger partial charge in [0.25, 0.3) is 0 Å². The summed E-state index contributed by atoms with van der Waals surface area (Å²) in [5.41, 5.74) is 2.26. The van der Waals surface area contributed by atoms with Crippen molar-refractivity contribution in [3.8, 4) is 11.3 Å². The van der Waals surface area contributed by atoms with E-state index in [2.05, 4.69) is 10.3 Å². The van der Waals surface area contributed by atoms with E-state index in [1.165, 1.54) is 12.1 Å². The number of amides is 1. The topological polar surface area (TPSA) is 71.0 Å². The van der Waals surface area contributed by atoms with Gasteiger partial charge in [0.1, 0.15) is 17.5 Å². The van der Waals surface area contributed by atoms with Crippen molar-refractivity contribution in [2.45, 2.75) is 38.0 Å². The van der Waals surface area contributed by atoms with Crippen molar-refractivity contribution < 1.29 is 9.18 Å². The van der Waals surface area contributed by atoms with Crippen LogP contribution in [-0.4, -0.2) is 38.8 Å². The van der Waals surface area contributed by atoms with E-state index in [9.17, 15) is 9.18 Å². The highest BCUT2D eigenvalue weighted by atomic mass is 19.1. The largest absolute Gasteiger partial charge is 0.342 e. The second kappa shape index (κ2) is 9.02. The summed E-state index contributed by atoms with van der Waals surface area (Å²) in [7, 11) is 0. The molecule has 1 amide bonds. The van der Waals surface area contributed by atoms with Gasteiger partial charge < -0.3 is 10.2 Å². The number of carbonyl (C=O) groups excluding carboxylic acids is 1. The Labute approximate surface area is 186 Å². The Morgan fingerprint density at radius 3 is 2.72 bits per heavy atom. The first-order valence-electron chi connectivity index (χ1n) is 11.3. The predicted octanol–water partition coefficient (Wildman–Crippen LogP) is 4.93. The van der Waals surface area contributed by atoms with Crippen molar-refractivity contribution in [2.24, 2.45) is 5.92 Å². The van der Waals surface area contributed by atoms with E-state index >= 15 is 0 Å². The fourth-order valence-electron chi connectivity index (χ4n) is 4.39. The maximum Gasteiger partial charge on any atom is 0.225 e. The number of anilines is 2. The van der Waals surface area contributed by atoms with Gasteiger partial charge in [-0.05, 0) is 56.0 Å². The van der Waals surface area contributed by atoms with Gasteiger partial charge in [0.2, 0.25) is 5.91 Å². The summed E-state index contributed by atoms with van der Waals surface area (Å²) < 4.78 is 13.7. The zero-order chi connectivity index (χ0) is 21.9. The first-order chi connectivity index (χ1) is 15.7. The molecule has 32 heavy (non-hydrogen) atoms. The Hall–Kier alpha value is -3.35. The number of hydrogen-bond donors (Lipinski definition) is 1. The lowest BCUT2D eigenvalue weighted by Gasteiger charge is -2.36. The molecule has 1 saturated carbocycles. The SMILES string of the molecule is O=C(C1CCC1)N1CCC[C@H](c2nc(Nc3cccc(F)c3)cc(-c3cccnc3)n2)C1. The number of halogens is 1. The first-order valence-corrected chi connectivity index (χ1v) is 11.3. The molecule has 0 bridgehead atoms. The van der Waals surface area contributed by atoms with Crippen LogP contribution in [0.1, 0.15) is 43.8 Å². The fraction of sp³-hybridized carbons (Fsp3) is 0.360. The molecule has 7 heteroatoms. The van der Waals surface area contributed by atoms with Crippen molar-refractivity contribution in [3.63, 3.8) is 0 Å². The zero-order valence-electron chi connectivity index (χ0n) is 17.9. The molecule has 1 saturated heterocycles. The summed E-state index contributed by atoms with van der Waals surface area (Å²) >= 11 is 0. The minimum atomic E-state index is -0.311. The number of carbonyl (C=O) groups is 1. The smallest absolute Gasteiger partial charge is 0.225 e. The second-order valence-corrected chi connectivity index (χ2v) is 8.62. The van der Waals surface area contributed by atoms with Crippen LogP contribution in [0.5, 0.6) is 0 Å². The Balaban J connectivity index is 1.45. The van der Waals surface area contributed by atoms with Crippen LogP contribution in [0, 0.1) is 11.7 Å². The number of benzene rings is 1. The summed E-state index contributed by atoms with van der Waals surface area (Å²) in [5.74, 6) is 1.54. The molecule has 1 aliphatic carbocycles. The van der Waals surface area contributed by atoms with Gasteiger partial charge in [0.15, 0.2) is 0 Å². The summed E-state index contributed by atoms with van der Waals surface area (Å²) in [6.07, 6.45) is 8.54. The fourth-order valence-corrected chi connectivity index (χ4v) is 4.39. The quantitative estimate of drug-likeness (QED) is 0.620. The highest BCUT2D eigenvalue weighted by Crippen LogP contribution is 2.33. The molecule has 1 N–H and O–H groups in total. The van der Waals surface area contributed by atoms with Crippen LogP contribution in [0.2, 0.25) is 0 Å². The third kappa shape index (κ3) is 4.47. The molecule has 2 aliphatic rings. The van der Waals surface area contributed by atoms with E-state index in [4.69, 9.17) is 9.97 Å². The van der Waals surface area contributed by atoms with Crippen molar-refractivity contribution in [3.05, 3.63) is 66.5 Å². The maximum absolute atomic E-state index is 13.7. The number of aromatic nitrogens is 3. The lowest BCUT2D eigenvalue weighted by atomic mass is 9.83. The molecule has 0 spiro atoms. The predicted molar refractivity (Wildman–Crippen MR) is 121 cm³/mol. The Bertz CT molecular complexity index is 1100. The average Bonchev–Trinajstić information content (AvgIpc) is 2.78. The van der Waals surface area contributed by atoms with Crippen LogP contribution in [0.15, 0.2) is 54.9 Å². The molecular formula is C25H26FN5O. The van der Waals surface area contributed by atoms with E-state index in [-0.39, 0.29) is 23.6 Å². The summed E-state index contributed by atoms with van der Waals surface area (Å²) in [5, 5.41) is 3.21. The molecule has 0 unspecified atom stereocenters. The van der Waals surface area contributed by atoms with Crippen LogP contribution in [0.3, 0.4) is 0 Å². The summed E-state index contributed by atoms with van der Waals surface area (Å²) in [4.78, 5) is 28.7. The van der Waals surface area contributed by atoms with E-state index in [1.54, 1.807) is 24.5 Å². The van der Waals surface area contributed by atoms with Gasteiger partial charge in [-0.1, -0.05) is 12.5 Å². The molecule has 6 nitrogen and oxygen atoms in total. The molecule has 3 heterocycles. The number of nitrogens with zero attached hydrogens (tertiary/aromatic N) is 4. The summed E-state index contributed by atoms with van der Waals surface area (Å²) in [6.45, 7) is 1.45. The number of pyridine rings is 1. The molecule has 3 aromatic rings. The van der Waals surface area contributed by atoms with E-state index in [0.717, 1.165) is 49.9 Å². The van der Waals surface area contributed by atoms with Crippen LogP contribution in [0.4, 0.5) is 15.9 Å². The van der Waals surface area contributed by atoms with Crippen molar-refractivity contribution in [1.82, 2.24) is 19.9 Å². The van der Waals surface area contributed by atoms with Crippen molar-refractivity contribution in [1.29, 1.82) is 0 Å². The second-order valence-electron chi connectivity index (χ2n) is 8.62. The molecule has 164 valence electrons. The Kier molecular flexibility index (Phi) is 5.79. The number of nitrogens with one attached hydrogen (secondary N) is 1. The van der Waals surface area contributed by atoms with E-state index in [1.807, 2.05) is 23.1 Å². The number of likely N-dealkylation sites (tertiary alicyclic amines) is 1. The average molecular weight is 432 g/mol. The Morgan fingerprint density at radius 1 is 1.06 bits per heavy atom. The minimum absolute atomic E-state index is 0.0671. The van der Waals surface area contributed by atoms with Gasteiger partial charge in [-0.25, -0.2) is 14.4 Å². The molecule has 1 aliphatic heterocycles. The van der Waals surface area contributed by atoms with E-state index in [0.29, 0.717) is 23.9 Å². The highest BCUT2D eigenvalue weighted by molar-refractivity contribution is 5.79. The van der Waals surface area contributed by atoms with Crippen LogP contribution in [0.25, 0.3) is 11.3 Å². The molecule has 1 atom stereocenters. The third-order valence-corrected chi connectivity index (χ3v) is 6.35. The van der Waals surface area contributed by atoms with E-state index < -0.39 is 0 Å². The zero-order valence-corrected chi connectivity index (χ0v) is 17.9. The number of hydrogen-bond acceptors (Lipinski definition) is 5. The van der Waals surface area contributed by atoms with Crippen molar-refractivity contribution >= 4 is 17.4 Å². The van der Waals surface area contributed by atoms with Crippen LogP contribution < -0.4 is 5.32 Å². The third-order valence-electron chi connectivity index (χ3n) is 6.35. The molecule has 2 aromatic heterocycles. The minimum Gasteiger partial charge on any atom is -0.342 e. The standard InChI is InChI=1S/C25H26FN5O/c26-20-9-2-10-21(13-20)28-23-14-22(18-7-3-11-27-15-18)29-24(30-23)19-8-4-12-31(16-19)25(32)17-5-1-6-17/h2-3,7,9-11,13-15,17,19H,1,4-6,8,12,16H2,(H,28,29,30)/t19-/m0/s1. The van der Waals surface area contributed by atoms with Gasteiger partial charge in [0, 0.05) is 54.6 Å². The first kappa shape index (κ1) is 20.5. The maximum atomic E-state index is 13.7. The lowest BCUT2D eigenvalue weighted by Crippen LogP contribution is -2.44. The molecular weight excluding hydrogens is 405 g/mol. The lowest BCUT2D eigenvalue weighted by molar-refractivity contribution is -0.139. The molecule has 0 radical (unpaired) electrons. The van der Waals surface area contributed by atoms with Gasteiger partial charge in [0.05, 0.1) is 5.69 Å². The normalized spacial score (nSPS) is 18.8. The van der Waals surface area contributed by atoms with Gasteiger partial charge >= 0.3 is 0 Å². The summed E-state index contributed by atoms with van der Waals surface area (Å²) in [6, 6.07) is 12.0. The van der Waals surface area contributed by atoms with Gasteiger partial charge in [-0.3, -0.25) is 9.78 Å². The van der Waals surface area contributed by atoms with Gasteiger partial charge in [-0.2, -0.15) is 0 Å². The van der Waals surface area contributed by atoms with Gasteiger partial charge in [-0.15, -0.1) is 0 Å². The van der Waals surface area contributed by atoms with Crippen LogP contribution in [-0.2, 0) is 4.79 Å². The molecule has 5 rings (SSSR count). The molecule has 1 aromatic carbocycles. The highest BCUT2D eigenvalue weighted by Gasteiger charge is 2.33.